The Morgan fingerprint density at radius 2 is 2.16 bits per heavy atom. The zero-order chi connectivity index (χ0) is 13.9. The van der Waals surface area contributed by atoms with E-state index in [4.69, 9.17) is 16.0 Å². The van der Waals surface area contributed by atoms with Crippen molar-refractivity contribution >= 4 is 23.4 Å². The van der Waals surface area contributed by atoms with Crippen LogP contribution in [0.15, 0.2) is 45.2 Å². The highest BCUT2D eigenvalue weighted by atomic mass is 35.5. The third-order valence-corrected chi connectivity index (χ3v) is 3.81. The quantitative estimate of drug-likeness (QED) is 0.909. The van der Waals surface area contributed by atoms with E-state index < -0.39 is 0 Å². The predicted molar refractivity (Wildman–Crippen MR) is 78.7 cm³/mol. The van der Waals surface area contributed by atoms with Crippen LogP contribution in [0, 0.1) is 0 Å². The standard InChI is InChI=1S/C14H17ClN2OS/c1-14(2,3)17-9-10-11(15)5-4-6-12(10)19-13-16-7-8-18-13/h4-8,17H,9H2,1-3H3. The molecule has 0 fully saturated rings. The number of oxazole rings is 1. The Labute approximate surface area is 122 Å². The third kappa shape index (κ3) is 4.27. The fraction of sp³-hybridized carbons (Fsp3) is 0.357. The summed E-state index contributed by atoms with van der Waals surface area (Å²) in [5.41, 5.74) is 1.12. The van der Waals surface area contributed by atoms with Gasteiger partial charge in [-0.15, -0.1) is 0 Å². The first-order valence-electron chi connectivity index (χ1n) is 6.05. The second kappa shape index (κ2) is 5.99. The van der Waals surface area contributed by atoms with Crippen LogP contribution >= 0.6 is 23.4 Å². The van der Waals surface area contributed by atoms with Crippen molar-refractivity contribution in [1.82, 2.24) is 10.3 Å². The van der Waals surface area contributed by atoms with E-state index in [0.29, 0.717) is 11.8 Å². The normalized spacial score (nSPS) is 11.8. The van der Waals surface area contributed by atoms with Gasteiger partial charge in [-0.25, -0.2) is 4.98 Å². The summed E-state index contributed by atoms with van der Waals surface area (Å²) < 4.78 is 5.27. The van der Waals surface area contributed by atoms with Crippen molar-refractivity contribution in [2.24, 2.45) is 0 Å². The van der Waals surface area contributed by atoms with Gasteiger partial charge in [0.15, 0.2) is 0 Å². The molecule has 102 valence electrons. The van der Waals surface area contributed by atoms with Crippen molar-refractivity contribution in [2.75, 3.05) is 0 Å². The summed E-state index contributed by atoms with van der Waals surface area (Å²) in [6.45, 7) is 7.10. The Morgan fingerprint density at radius 1 is 1.37 bits per heavy atom. The first-order chi connectivity index (χ1) is 8.96. The lowest BCUT2D eigenvalue weighted by molar-refractivity contribution is 0.422. The van der Waals surface area contributed by atoms with Crippen LogP contribution in [0.5, 0.6) is 0 Å². The number of benzene rings is 1. The number of nitrogens with zero attached hydrogens (tertiary/aromatic N) is 1. The summed E-state index contributed by atoms with van der Waals surface area (Å²) in [5, 5.41) is 4.83. The van der Waals surface area contributed by atoms with Crippen LogP contribution in [0.2, 0.25) is 5.02 Å². The first-order valence-corrected chi connectivity index (χ1v) is 7.25. The van der Waals surface area contributed by atoms with E-state index in [9.17, 15) is 0 Å². The van der Waals surface area contributed by atoms with Crippen LogP contribution in [-0.2, 0) is 6.54 Å². The van der Waals surface area contributed by atoms with Gasteiger partial charge in [0.25, 0.3) is 5.22 Å². The Morgan fingerprint density at radius 3 is 2.79 bits per heavy atom. The molecule has 3 nitrogen and oxygen atoms in total. The van der Waals surface area contributed by atoms with E-state index >= 15 is 0 Å². The van der Waals surface area contributed by atoms with E-state index in [-0.39, 0.29) is 5.54 Å². The molecule has 0 saturated heterocycles. The van der Waals surface area contributed by atoms with E-state index in [2.05, 4.69) is 31.1 Å². The molecule has 1 aromatic carbocycles. The van der Waals surface area contributed by atoms with Crippen LogP contribution in [0.1, 0.15) is 26.3 Å². The minimum absolute atomic E-state index is 0.0457. The summed E-state index contributed by atoms with van der Waals surface area (Å²) in [7, 11) is 0. The molecule has 1 heterocycles. The molecule has 19 heavy (non-hydrogen) atoms. The van der Waals surface area contributed by atoms with Crippen molar-refractivity contribution in [3.05, 3.63) is 41.2 Å². The Hall–Kier alpha value is -0.970. The van der Waals surface area contributed by atoms with E-state index in [1.165, 1.54) is 11.8 Å². The molecular formula is C14H17ClN2OS. The molecule has 0 bridgehead atoms. The highest BCUT2D eigenvalue weighted by Crippen LogP contribution is 2.33. The highest BCUT2D eigenvalue weighted by Gasteiger charge is 2.14. The molecule has 0 aliphatic heterocycles. The van der Waals surface area contributed by atoms with E-state index in [0.717, 1.165) is 15.5 Å². The van der Waals surface area contributed by atoms with Gasteiger partial charge in [-0.3, -0.25) is 0 Å². The van der Waals surface area contributed by atoms with Crippen LogP contribution < -0.4 is 5.32 Å². The van der Waals surface area contributed by atoms with E-state index in [1.54, 1.807) is 12.5 Å². The predicted octanol–water partition coefficient (Wildman–Crippen LogP) is 4.37. The van der Waals surface area contributed by atoms with Crippen molar-refractivity contribution < 1.29 is 4.42 Å². The smallest absolute Gasteiger partial charge is 0.260 e. The van der Waals surface area contributed by atoms with Crippen molar-refractivity contribution in [3.63, 3.8) is 0 Å². The van der Waals surface area contributed by atoms with E-state index in [1.807, 2.05) is 18.2 Å². The Kier molecular flexibility index (Phi) is 4.55. The molecular weight excluding hydrogens is 280 g/mol. The van der Waals surface area contributed by atoms with Gasteiger partial charge in [0.1, 0.15) is 6.26 Å². The summed E-state index contributed by atoms with van der Waals surface area (Å²) in [6.07, 6.45) is 3.21. The molecule has 0 radical (unpaired) electrons. The molecule has 0 unspecified atom stereocenters. The van der Waals surface area contributed by atoms with Crippen LogP contribution in [0.3, 0.4) is 0 Å². The lowest BCUT2D eigenvalue weighted by atomic mass is 10.1. The maximum absolute atomic E-state index is 6.29. The molecule has 1 aromatic heterocycles. The lowest BCUT2D eigenvalue weighted by Crippen LogP contribution is -2.35. The van der Waals surface area contributed by atoms with Gasteiger partial charge < -0.3 is 9.73 Å². The highest BCUT2D eigenvalue weighted by molar-refractivity contribution is 7.99. The summed E-state index contributed by atoms with van der Waals surface area (Å²) in [4.78, 5) is 5.19. The van der Waals surface area contributed by atoms with Crippen molar-refractivity contribution in [2.45, 2.75) is 43.0 Å². The maximum Gasteiger partial charge on any atom is 0.260 e. The minimum atomic E-state index is 0.0457. The minimum Gasteiger partial charge on any atom is -0.440 e. The topological polar surface area (TPSA) is 38.1 Å². The van der Waals surface area contributed by atoms with Gasteiger partial charge in [0.2, 0.25) is 0 Å². The van der Waals surface area contributed by atoms with Crippen LogP contribution in [0.4, 0.5) is 0 Å². The van der Waals surface area contributed by atoms with Gasteiger partial charge in [-0.2, -0.15) is 0 Å². The second-order valence-corrected chi connectivity index (χ2v) is 6.62. The molecule has 0 aliphatic carbocycles. The second-order valence-electron chi connectivity index (χ2n) is 5.22. The summed E-state index contributed by atoms with van der Waals surface area (Å²) in [5.74, 6) is 0. The lowest BCUT2D eigenvalue weighted by Gasteiger charge is -2.22. The average molecular weight is 297 g/mol. The number of aromatic nitrogens is 1. The van der Waals surface area contributed by atoms with Gasteiger partial charge in [0, 0.05) is 22.0 Å². The molecule has 2 aromatic rings. The maximum atomic E-state index is 6.29. The van der Waals surface area contributed by atoms with Crippen LogP contribution in [-0.4, -0.2) is 10.5 Å². The molecule has 0 spiro atoms. The third-order valence-electron chi connectivity index (χ3n) is 2.48. The van der Waals surface area contributed by atoms with Crippen molar-refractivity contribution in [3.8, 4) is 0 Å². The number of rotatable bonds is 4. The Bertz CT molecular complexity index is 535. The first kappa shape index (κ1) is 14.4. The number of nitrogens with one attached hydrogen (secondary N) is 1. The molecule has 5 heteroatoms. The average Bonchev–Trinajstić information content (AvgIpc) is 2.79. The zero-order valence-corrected chi connectivity index (χ0v) is 12.8. The molecule has 0 amide bonds. The zero-order valence-electron chi connectivity index (χ0n) is 11.2. The molecule has 0 atom stereocenters. The number of hydrogen-bond acceptors (Lipinski definition) is 4. The van der Waals surface area contributed by atoms with Gasteiger partial charge in [0.05, 0.1) is 6.20 Å². The number of hydrogen-bond donors (Lipinski definition) is 1. The molecule has 0 aliphatic rings. The van der Waals surface area contributed by atoms with Gasteiger partial charge in [-0.1, -0.05) is 17.7 Å². The molecule has 0 saturated carbocycles. The fourth-order valence-electron chi connectivity index (χ4n) is 1.51. The van der Waals surface area contributed by atoms with Gasteiger partial charge >= 0.3 is 0 Å². The molecule has 2 rings (SSSR count). The van der Waals surface area contributed by atoms with Gasteiger partial charge in [-0.05, 0) is 50.2 Å². The Balaban J connectivity index is 2.20. The van der Waals surface area contributed by atoms with Crippen LogP contribution in [0.25, 0.3) is 0 Å². The fourth-order valence-corrected chi connectivity index (χ4v) is 2.67. The monoisotopic (exact) mass is 296 g/mol. The molecule has 1 N–H and O–H groups in total. The summed E-state index contributed by atoms with van der Waals surface area (Å²) in [6, 6.07) is 5.87. The van der Waals surface area contributed by atoms with Crippen molar-refractivity contribution in [1.29, 1.82) is 0 Å². The summed E-state index contributed by atoms with van der Waals surface area (Å²) >= 11 is 7.78. The SMILES string of the molecule is CC(C)(C)NCc1c(Cl)cccc1Sc1ncco1. The largest absolute Gasteiger partial charge is 0.440 e. The number of halogens is 1.